The number of aryl methyl sites for hydroxylation is 1. The fourth-order valence-corrected chi connectivity index (χ4v) is 2.64. The van der Waals surface area contributed by atoms with Gasteiger partial charge in [-0.15, -0.1) is 0 Å². The fraction of sp³-hybridized carbons (Fsp3) is 0.211. The Morgan fingerprint density at radius 3 is 2.35 bits per heavy atom. The number of nitrogens with one attached hydrogen (secondary N) is 2. The van der Waals surface area contributed by atoms with Crippen molar-refractivity contribution >= 4 is 46.4 Å². The Kier molecular flexibility index (Phi) is 7.12. The number of benzene rings is 2. The Morgan fingerprint density at radius 1 is 1.08 bits per heavy atom. The van der Waals surface area contributed by atoms with E-state index in [1.54, 1.807) is 43.3 Å². The van der Waals surface area contributed by atoms with Gasteiger partial charge in [0.2, 0.25) is 5.91 Å². The lowest BCUT2D eigenvalue weighted by molar-refractivity contribution is -0.128. The largest absolute Gasteiger partial charge is 0.349 e. The van der Waals surface area contributed by atoms with E-state index in [2.05, 4.69) is 10.6 Å². The quantitative estimate of drug-likeness (QED) is 0.768. The number of nitrogens with zero attached hydrogens (tertiary/aromatic N) is 1. The molecule has 2 aromatic rings. The summed E-state index contributed by atoms with van der Waals surface area (Å²) in [4.78, 5) is 25.4. The molecule has 0 aliphatic heterocycles. The molecule has 2 rings (SSSR count). The third-order valence-electron chi connectivity index (χ3n) is 3.68. The van der Waals surface area contributed by atoms with E-state index in [0.29, 0.717) is 23.4 Å². The third-order valence-corrected chi connectivity index (χ3v) is 4.22. The highest BCUT2D eigenvalue weighted by Gasteiger charge is 2.11. The topological polar surface area (TPSA) is 61.4 Å². The van der Waals surface area contributed by atoms with Crippen molar-refractivity contribution < 1.29 is 9.59 Å². The first kappa shape index (κ1) is 19.9. The van der Waals surface area contributed by atoms with Crippen LogP contribution in [0.5, 0.6) is 0 Å². The van der Waals surface area contributed by atoms with Crippen molar-refractivity contribution in [2.45, 2.75) is 12.8 Å². The molecule has 7 heteroatoms. The Labute approximate surface area is 163 Å². The van der Waals surface area contributed by atoms with Gasteiger partial charge in [-0.3, -0.25) is 14.9 Å². The normalized spacial score (nSPS) is 10.1. The van der Waals surface area contributed by atoms with Gasteiger partial charge in [-0.1, -0.05) is 35.9 Å². The van der Waals surface area contributed by atoms with Gasteiger partial charge in [0.05, 0.1) is 10.6 Å². The van der Waals surface area contributed by atoms with Crippen molar-refractivity contribution in [1.29, 1.82) is 0 Å². The van der Waals surface area contributed by atoms with Crippen LogP contribution in [0.4, 0.5) is 5.69 Å². The zero-order valence-corrected chi connectivity index (χ0v) is 16.2. The van der Waals surface area contributed by atoms with E-state index >= 15 is 0 Å². The van der Waals surface area contributed by atoms with Crippen LogP contribution in [0.2, 0.25) is 5.02 Å². The molecule has 0 radical (unpaired) electrons. The highest BCUT2D eigenvalue weighted by molar-refractivity contribution is 7.80. The van der Waals surface area contributed by atoms with Crippen LogP contribution >= 0.6 is 23.8 Å². The predicted octanol–water partition coefficient (Wildman–Crippen LogP) is 3.49. The van der Waals surface area contributed by atoms with Gasteiger partial charge in [-0.25, -0.2) is 0 Å². The second-order valence-corrected chi connectivity index (χ2v) is 6.69. The predicted molar refractivity (Wildman–Crippen MR) is 109 cm³/mol. The van der Waals surface area contributed by atoms with Crippen molar-refractivity contribution in [3.63, 3.8) is 0 Å². The number of thiocarbonyl (C=S) groups is 1. The van der Waals surface area contributed by atoms with Gasteiger partial charge < -0.3 is 10.2 Å². The Bertz CT molecular complexity index is 807. The summed E-state index contributed by atoms with van der Waals surface area (Å²) in [7, 11) is 3.49. The molecule has 0 aliphatic carbocycles. The van der Waals surface area contributed by atoms with Crippen LogP contribution in [0, 0.1) is 0 Å². The molecule has 0 aliphatic rings. The van der Waals surface area contributed by atoms with Gasteiger partial charge in [-0.2, -0.15) is 0 Å². The standard InChI is InChI=1S/C19H20ClN3O2S/c1-23(2)17(24)12-9-13-7-10-14(11-8-13)21-19(26)22-18(25)15-5-3-4-6-16(15)20/h3-8,10-11H,9,12H2,1-2H3,(H2,21,22,25,26). The van der Waals surface area contributed by atoms with E-state index in [1.807, 2.05) is 24.3 Å². The van der Waals surface area contributed by atoms with Crippen LogP contribution in [0.15, 0.2) is 48.5 Å². The summed E-state index contributed by atoms with van der Waals surface area (Å²) in [5.41, 5.74) is 2.16. The fourth-order valence-electron chi connectivity index (χ4n) is 2.21. The van der Waals surface area contributed by atoms with Crippen LogP contribution < -0.4 is 10.6 Å². The zero-order valence-electron chi connectivity index (χ0n) is 14.6. The molecular weight excluding hydrogens is 370 g/mol. The van der Waals surface area contributed by atoms with Crippen LogP contribution in [-0.2, 0) is 11.2 Å². The lowest BCUT2D eigenvalue weighted by atomic mass is 10.1. The van der Waals surface area contributed by atoms with E-state index in [9.17, 15) is 9.59 Å². The SMILES string of the molecule is CN(C)C(=O)CCc1ccc(NC(=S)NC(=O)c2ccccc2Cl)cc1. The summed E-state index contributed by atoms with van der Waals surface area (Å²) in [5, 5.41) is 6.10. The molecule has 0 fully saturated rings. The first-order chi connectivity index (χ1) is 12.4. The third kappa shape index (κ3) is 5.82. The van der Waals surface area contributed by atoms with Crippen LogP contribution in [0.25, 0.3) is 0 Å². The second-order valence-electron chi connectivity index (χ2n) is 5.87. The maximum absolute atomic E-state index is 12.2. The average Bonchev–Trinajstić information content (AvgIpc) is 2.60. The van der Waals surface area contributed by atoms with Gasteiger partial charge in [0, 0.05) is 26.2 Å². The number of carbonyl (C=O) groups excluding carboxylic acids is 2. The number of rotatable bonds is 5. The van der Waals surface area contributed by atoms with E-state index in [0.717, 1.165) is 11.3 Å². The summed E-state index contributed by atoms with van der Waals surface area (Å²) >= 11 is 11.2. The van der Waals surface area contributed by atoms with Crippen LogP contribution in [-0.4, -0.2) is 35.9 Å². The molecule has 0 aromatic heterocycles. The number of carbonyl (C=O) groups is 2. The Morgan fingerprint density at radius 2 is 1.73 bits per heavy atom. The lowest BCUT2D eigenvalue weighted by Crippen LogP contribution is -2.34. The first-order valence-corrected chi connectivity index (χ1v) is 8.81. The Balaban J connectivity index is 1.88. The van der Waals surface area contributed by atoms with E-state index in [4.69, 9.17) is 23.8 Å². The maximum atomic E-state index is 12.2. The zero-order chi connectivity index (χ0) is 19.1. The molecule has 0 saturated carbocycles. The summed E-state index contributed by atoms with van der Waals surface area (Å²) in [5.74, 6) is -0.275. The minimum absolute atomic E-state index is 0.0932. The molecule has 26 heavy (non-hydrogen) atoms. The maximum Gasteiger partial charge on any atom is 0.258 e. The van der Waals surface area contributed by atoms with Crippen molar-refractivity contribution in [2.75, 3.05) is 19.4 Å². The number of anilines is 1. The molecule has 136 valence electrons. The molecule has 0 spiro atoms. The minimum Gasteiger partial charge on any atom is -0.349 e. The van der Waals surface area contributed by atoms with Gasteiger partial charge >= 0.3 is 0 Å². The highest BCUT2D eigenvalue weighted by Crippen LogP contribution is 2.15. The average molecular weight is 390 g/mol. The molecule has 2 aromatic carbocycles. The van der Waals surface area contributed by atoms with Gasteiger partial charge in [-0.05, 0) is 48.5 Å². The molecule has 2 N–H and O–H groups in total. The number of halogens is 1. The molecule has 0 bridgehead atoms. The van der Waals surface area contributed by atoms with E-state index < -0.39 is 0 Å². The lowest BCUT2D eigenvalue weighted by Gasteiger charge is -2.12. The smallest absolute Gasteiger partial charge is 0.258 e. The molecule has 2 amide bonds. The second kappa shape index (κ2) is 9.31. The molecule has 0 unspecified atom stereocenters. The number of hydrogen-bond donors (Lipinski definition) is 2. The van der Waals surface area contributed by atoms with Crippen molar-refractivity contribution in [1.82, 2.24) is 10.2 Å². The van der Waals surface area contributed by atoms with Crippen LogP contribution in [0.1, 0.15) is 22.3 Å². The van der Waals surface area contributed by atoms with Gasteiger partial charge in [0.15, 0.2) is 5.11 Å². The first-order valence-electron chi connectivity index (χ1n) is 8.03. The summed E-state index contributed by atoms with van der Waals surface area (Å²) < 4.78 is 0. The molecule has 5 nitrogen and oxygen atoms in total. The van der Waals surface area contributed by atoms with E-state index in [-0.39, 0.29) is 16.9 Å². The van der Waals surface area contributed by atoms with Crippen molar-refractivity contribution in [3.8, 4) is 0 Å². The summed E-state index contributed by atoms with van der Waals surface area (Å²) in [6.45, 7) is 0. The number of amides is 2. The van der Waals surface area contributed by atoms with E-state index in [1.165, 1.54) is 0 Å². The summed E-state index contributed by atoms with van der Waals surface area (Å²) in [6, 6.07) is 14.3. The number of hydrogen-bond acceptors (Lipinski definition) is 3. The molecule has 0 heterocycles. The van der Waals surface area contributed by atoms with Crippen LogP contribution in [0.3, 0.4) is 0 Å². The molecule has 0 saturated heterocycles. The van der Waals surface area contributed by atoms with Gasteiger partial charge in [0.25, 0.3) is 5.91 Å². The van der Waals surface area contributed by atoms with Gasteiger partial charge in [0.1, 0.15) is 0 Å². The van der Waals surface area contributed by atoms with Crippen molar-refractivity contribution in [3.05, 3.63) is 64.7 Å². The Hall–Kier alpha value is -2.44. The highest BCUT2D eigenvalue weighted by atomic mass is 35.5. The summed E-state index contributed by atoms with van der Waals surface area (Å²) in [6.07, 6.45) is 1.14. The minimum atomic E-state index is -0.369. The molecule has 0 atom stereocenters. The van der Waals surface area contributed by atoms with Crippen molar-refractivity contribution in [2.24, 2.45) is 0 Å². The molecular formula is C19H20ClN3O2S. The monoisotopic (exact) mass is 389 g/mol.